The second-order valence-corrected chi connectivity index (χ2v) is 10.7. The predicted molar refractivity (Wildman–Crippen MR) is 132 cm³/mol. The number of carbonyl (C=O) groups is 3. The Kier molecular flexibility index (Phi) is 6.46. The van der Waals surface area contributed by atoms with Crippen LogP contribution in [0.3, 0.4) is 0 Å². The average Bonchev–Trinajstić information content (AvgIpc) is 3.63. The van der Waals surface area contributed by atoms with Gasteiger partial charge in [0.25, 0.3) is 21.8 Å². The fraction of sp³-hybridized carbons (Fsp3) is 0.333. The average molecular weight is 524 g/mol. The molecule has 0 atom stereocenters. The van der Waals surface area contributed by atoms with E-state index in [2.05, 4.69) is 31.8 Å². The molecule has 3 aromatic rings. The molecule has 0 saturated heterocycles. The van der Waals surface area contributed by atoms with E-state index in [9.17, 15) is 22.8 Å². The van der Waals surface area contributed by atoms with Crippen LogP contribution in [0.5, 0.6) is 0 Å². The van der Waals surface area contributed by atoms with Crippen molar-refractivity contribution in [2.45, 2.75) is 50.3 Å². The number of urea groups is 1. The van der Waals surface area contributed by atoms with Crippen LogP contribution < -0.4 is 15.4 Å². The third-order valence-electron chi connectivity index (χ3n) is 6.48. The number of anilines is 1. The molecule has 2 aromatic heterocycles. The Bertz CT molecular complexity index is 1480. The van der Waals surface area contributed by atoms with Crippen molar-refractivity contribution in [2.24, 2.45) is 0 Å². The summed E-state index contributed by atoms with van der Waals surface area (Å²) in [5, 5.41) is 8.92. The van der Waals surface area contributed by atoms with Crippen molar-refractivity contribution in [2.75, 3.05) is 11.9 Å². The molecule has 2 heterocycles. The van der Waals surface area contributed by atoms with Crippen molar-refractivity contribution in [3.05, 3.63) is 64.5 Å². The van der Waals surface area contributed by atoms with Crippen molar-refractivity contribution in [1.82, 2.24) is 29.8 Å². The molecule has 0 saturated carbocycles. The Morgan fingerprint density at radius 1 is 0.973 bits per heavy atom. The molecule has 37 heavy (non-hydrogen) atoms. The van der Waals surface area contributed by atoms with Crippen molar-refractivity contribution in [3.63, 3.8) is 0 Å². The molecule has 0 spiro atoms. The van der Waals surface area contributed by atoms with Gasteiger partial charge in [0.2, 0.25) is 0 Å². The fourth-order valence-electron chi connectivity index (χ4n) is 4.71. The highest BCUT2D eigenvalue weighted by Gasteiger charge is 2.27. The number of amides is 3. The molecule has 192 valence electrons. The normalized spacial score (nSPS) is 14.1. The van der Waals surface area contributed by atoms with Crippen LogP contribution in [0.4, 0.5) is 10.5 Å². The van der Waals surface area contributed by atoms with Gasteiger partial charge >= 0.3 is 6.03 Å². The Hall–Kier alpha value is -4.13. The summed E-state index contributed by atoms with van der Waals surface area (Å²) in [5.41, 5.74) is 5.95. The van der Waals surface area contributed by atoms with Gasteiger partial charge in [0.05, 0.1) is 30.8 Å². The van der Waals surface area contributed by atoms with Crippen LogP contribution >= 0.6 is 0 Å². The Morgan fingerprint density at radius 2 is 1.68 bits per heavy atom. The molecule has 2 aliphatic carbocycles. The quantitative estimate of drug-likeness (QED) is 0.438. The molecular weight excluding hydrogens is 498 g/mol. The van der Waals surface area contributed by atoms with E-state index in [0.717, 1.165) is 72.4 Å². The van der Waals surface area contributed by atoms with Crippen LogP contribution in [0.2, 0.25) is 0 Å². The summed E-state index contributed by atoms with van der Waals surface area (Å²) in [6, 6.07) is 1.34. The second kappa shape index (κ2) is 9.73. The van der Waals surface area contributed by atoms with E-state index in [0.29, 0.717) is 5.69 Å². The number of hydrogen-bond donors (Lipinski definition) is 3. The van der Waals surface area contributed by atoms with E-state index in [1.54, 1.807) is 6.92 Å². The fourth-order valence-corrected chi connectivity index (χ4v) is 5.54. The summed E-state index contributed by atoms with van der Waals surface area (Å²) in [5.74, 6) is -1.30. The number of rotatable bonds is 6. The Labute approximate surface area is 212 Å². The van der Waals surface area contributed by atoms with Crippen molar-refractivity contribution in [3.8, 4) is 0 Å². The molecular formula is C24H25N7O5S. The first kappa shape index (κ1) is 24.6. The van der Waals surface area contributed by atoms with E-state index in [1.165, 1.54) is 23.5 Å². The molecule has 0 aliphatic heterocycles. The number of sulfonamides is 1. The van der Waals surface area contributed by atoms with E-state index in [-0.39, 0.29) is 10.6 Å². The third-order valence-corrected chi connectivity index (χ3v) is 7.76. The summed E-state index contributed by atoms with van der Waals surface area (Å²) in [4.78, 5) is 44.8. The highest BCUT2D eigenvalue weighted by molar-refractivity contribution is 7.90. The van der Waals surface area contributed by atoms with Crippen LogP contribution in [0.15, 0.2) is 35.7 Å². The zero-order valence-electron chi connectivity index (χ0n) is 20.1. The van der Waals surface area contributed by atoms with Gasteiger partial charge in [0.1, 0.15) is 10.6 Å². The zero-order valence-corrected chi connectivity index (χ0v) is 20.9. The van der Waals surface area contributed by atoms with Crippen LogP contribution in [-0.4, -0.2) is 52.6 Å². The van der Waals surface area contributed by atoms with E-state index < -0.39 is 34.4 Å². The van der Waals surface area contributed by atoms with Crippen molar-refractivity contribution >= 4 is 33.6 Å². The molecule has 3 N–H and O–H groups in total. The largest absolute Gasteiger partial charge is 0.341 e. The molecule has 3 amide bonds. The molecule has 12 nitrogen and oxygen atoms in total. The highest BCUT2D eigenvalue weighted by Crippen LogP contribution is 2.38. The molecule has 2 aliphatic rings. The number of nitrogens with one attached hydrogen (secondary N) is 3. The second-order valence-electron chi connectivity index (χ2n) is 9.03. The molecule has 0 radical (unpaired) electrons. The van der Waals surface area contributed by atoms with Gasteiger partial charge in [0, 0.05) is 11.9 Å². The maximum atomic E-state index is 12.8. The number of aryl methyl sites for hydroxylation is 3. The SMILES string of the molecule is Cc1cnc(C(=O)NCC(=O)n2cc(S(=O)(=O)NC(=O)Nc3c4c(cc5c3CCC5)CCC4)cn2)cn1. The number of hydrogen-bond acceptors (Lipinski definition) is 8. The van der Waals surface area contributed by atoms with Crippen LogP contribution in [0.1, 0.15) is 56.1 Å². The molecule has 0 unspecified atom stereocenters. The van der Waals surface area contributed by atoms with E-state index in [1.807, 2.05) is 4.72 Å². The summed E-state index contributed by atoms with van der Waals surface area (Å²) in [6.07, 6.45) is 10.2. The topological polar surface area (TPSA) is 165 Å². The number of benzene rings is 1. The minimum absolute atomic E-state index is 0.0343. The number of carbonyl (C=O) groups excluding carboxylic acids is 3. The lowest BCUT2D eigenvalue weighted by Gasteiger charge is -2.16. The highest BCUT2D eigenvalue weighted by atomic mass is 32.2. The minimum Gasteiger partial charge on any atom is -0.341 e. The van der Waals surface area contributed by atoms with Gasteiger partial charge in [-0.2, -0.15) is 5.10 Å². The zero-order chi connectivity index (χ0) is 26.2. The molecule has 1 aromatic carbocycles. The van der Waals surface area contributed by atoms with E-state index >= 15 is 0 Å². The number of nitrogens with zero attached hydrogens (tertiary/aromatic N) is 4. The van der Waals surface area contributed by atoms with Crippen LogP contribution in [-0.2, 0) is 35.7 Å². The smallest absolute Gasteiger partial charge is 0.333 e. The first-order valence-electron chi connectivity index (χ1n) is 11.9. The number of aromatic nitrogens is 4. The van der Waals surface area contributed by atoms with Gasteiger partial charge < -0.3 is 10.6 Å². The van der Waals surface area contributed by atoms with Gasteiger partial charge in [0.15, 0.2) is 0 Å². The Morgan fingerprint density at radius 3 is 2.32 bits per heavy atom. The maximum absolute atomic E-state index is 12.8. The lowest BCUT2D eigenvalue weighted by molar-refractivity contribution is 0.0848. The van der Waals surface area contributed by atoms with Gasteiger partial charge in [-0.15, -0.1) is 0 Å². The first-order chi connectivity index (χ1) is 17.7. The molecule has 13 heteroatoms. The third kappa shape index (κ3) is 5.07. The first-order valence-corrected chi connectivity index (χ1v) is 13.3. The van der Waals surface area contributed by atoms with Crippen LogP contribution in [0.25, 0.3) is 0 Å². The minimum atomic E-state index is -4.30. The lowest BCUT2D eigenvalue weighted by Crippen LogP contribution is -2.35. The summed E-state index contributed by atoms with van der Waals surface area (Å²) < 4.78 is 28.4. The van der Waals surface area contributed by atoms with E-state index in [4.69, 9.17) is 0 Å². The molecule has 0 bridgehead atoms. The predicted octanol–water partition coefficient (Wildman–Crippen LogP) is 1.54. The molecule has 0 fully saturated rings. The lowest BCUT2D eigenvalue weighted by atomic mass is 9.99. The summed E-state index contributed by atoms with van der Waals surface area (Å²) >= 11 is 0. The maximum Gasteiger partial charge on any atom is 0.333 e. The number of fused-ring (bicyclic) bond motifs is 2. The van der Waals surface area contributed by atoms with Crippen LogP contribution in [0, 0.1) is 6.92 Å². The van der Waals surface area contributed by atoms with Crippen molar-refractivity contribution < 1.29 is 22.8 Å². The van der Waals surface area contributed by atoms with Crippen molar-refractivity contribution in [1.29, 1.82) is 0 Å². The molecule has 5 rings (SSSR count). The van der Waals surface area contributed by atoms with Gasteiger partial charge in [-0.3, -0.25) is 14.6 Å². The van der Waals surface area contributed by atoms with Gasteiger partial charge in [-0.1, -0.05) is 6.07 Å². The summed E-state index contributed by atoms with van der Waals surface area (Å²) in [6.45, 7) is 1.27. The summed E-state index contributed by atoms with van der Waals surface area (Å²) in [7, 11) is -4.30. The Balaban J connectivity index is 1.23. The van der Waals surface area contributed by atoms with Gasteiger partial charge in [-0.05, 0) is 67.7 Å². The van der Waals surface area contributed by atoms with Gasteiger partial charge in [-0.25, -0.2) is 27.6 Å². The standard InChI is InChI=1S/C24H25N7O5S/c1-14-9-26-20(11-25-14)23(33)27-12-21(32)31-13-17(10-28-31)37(35,36)30-24(34)29-22-18-6-2-4-15(18)8-16-5-3-7-19(16)22/h8-11,13H,2-7,12H2,1H3,(H,27,33)(H2,29,30,34). The monoisotopic (exact) mass is 523 g/mol.